The fraction of sp³-hybridized carbons (Fsp3) is 0.278. The molecule has 1 heterocycles. The summed E-state index contributed by atoms with van der Waals surface area (Å²) < 4.78 is 27.5. The number of piperazine rings is 1. The molecule has 1 saturated heterocycles. The fourth-order valence-electron chi connectivity index (χ4n) is 2.84. The maximum Gasteiger partial charge on any atom is 0.238 e. The number of hydrogen-bond donors (Lipinski definition) is 1. The zero-order valence-electron chi connectivity index (χ0n) is 13.5. The Bertz CT molecular complexity index is 764. The SMILES string of the molecule is O=C(CN1CCN(c2ccccc2F)CC1)Nc1ccc(Cl)cc1F. The molecule has 0 unspecified atom stereocenters. The second kappa shape index (κ2) is 7.80. The lowest BCUT2D eigenvalue weighted by molar-refractivity contribution is -0.117. The summed E-state index contributed by atoms with van der Waals surface area (Å²) in [5.74, 6) is -1.10. The third kappa shape index (κ3) is 4.46. The maximum absolute atomic E-state index is 13.8. The van der Waals surface area contributed by atoms with Crippen LogP contribution in [0.25, 0.3) is 0 Å². The summed E-state index contributed by atoms with van der Waals surface area (Å²) in [5, 5.41) is 2.83. The standard InChI is InChI=1S/C18H18ClF2N3O/c19-13-5-6-16(15(21)11-13)22-18(25)12-23-7-9-24(10-8-23)17-4-2-1-3-14(17)20/h1-6,11H,7-10,12H2,(H,22,25). The Morgan fingerprint density at radius 3 is 2.44 bits per heavy atom. The van der Waals surface area contributed by atoms with Crippen LogP contribution in [-0.4, -0.2) is 43.5 Å². The van der Waals surface area contributed by atoms with Crippen molar-refractivity contribution in [1.82, 2.24) is 4.90 Å². The van der Waals surface area contributed by atoms with Gasteiger partial charge < -0.3 is 10.2 Å². The Kier molecular flexibility index (Phi) is 5.50. The predicted octanol–water partition coefficient (Wildman–Crippen LogP) is 3.38. The van der Waals surface area contributed by atoms with Gasteiger partial charge >= 0.3 is 0 Å². The number of benzene rings is 2. The highest BCUT2D eigenvalue weighted by Crippen LogP contribution is 2.21. The van der Waals surface area contributed by atoms with Crippen LogP contribution in [0.5, 0.6) is 0 Å². The van der Waals surface area contributed by atoms with Gasteiger partial charge in [-0.1, -0.05) is 23.7 Å². The topological polar surface area (TPSA) is 35.6 Å². The average Bonchev–Trinajstić information content (AvgIpc) is 2.59. The van der Waals surface area contributed by atoms with Crippen molar-refractivity contribution in [1.29, 1.82) is 0 Å². The van der Waals surface area contributed by atoms with Gasteiger partial charge in [-0.3, -0.25) is 9.69 Å². The number of carbonyl (C=O) groups excluding carboxylic acids is 1. The molecule has 0 atom stereocenters. The number of rotatable bonds is 4. The van der Waals surface area contributed by atoms with E-state index in [1.807, 2.05) is 9.80 Å². The van der Waals surface area contributed by atoms with E-state index in [0.29, 0.717) is 31.9 Å². The van der Waals surface area contributed by atoms with E-state index < -0.39 is 5.82 Å². The highest BCUT2D eigenvalue weighted by molar-refractivity contribution is 6.30. The molecule has 132 valence electrons. The molecule has 0 aromatic heterocycles. The maximum atomic E-state index is 13.8. The highest BCUT2D eigenvalue weighted by Gasteiger charge is 2.21. The summed E-state index contributed by atoms with van der Waals surface area (Å²) in [4.78, 5) is 16.0. The zero-order chi connectivity index (χ0) is 17.8. The van der Waals surface area contributed by atoms with Crippen molar-refractivity contribution in [2.75, 3.05) is 42.9 Å². The average molecular weight is 366 g/mol. The van der Waals surface area contributed by atoms with Crippen molar-refractivity contribution < 1.29 is 13.6 Å². The van der Waals surface area contributed by atoms with Crippen LogP contribution >= 0.6 is 11.6 Å². The molecule has 0 bridgehead atoms. The molecule has 1 N–H and O–H groups in total. The first-order valence-electron chi connectivity index (χ1n) is 7.99. The van der Waals surface area contributed by atoms with Gasteiger partial charge in [0.1, 0.15) is 11.6 Å². The summed E-state index contributed by atoms with van der Waals surface area (Å²) >= 11 is 5.69. The van der Waals surface area contributed by atoms with E-state index in [9.17, 15) is 13.6 Å². The van der Waals surface area contributed by atoms with Gasteiger partial charge in [-0.2, -0.15) is 0 Å². The second-order valence-electron chi connectivity index (χ2n) is 5.89. The molecule has 1 aliphatic heterocycles. The van der Waals surface area contributed by atoms with E-state index in [0.717, 1.165) is 6.07 Å². The van der Waals surface area contributed by atoms with Crippen LogP contribution in [-0.2, 0) is 4.79 Å². The molecule has 7 heteroatoms. The predicted molar refractivity (Wildman–Crippen MR) is 95.1 cm³/mol. The summed E-state index contributed by atoms with van der Waals surface area (Å²) in [5.41, 5.74) is 0.689. The Morgan fingerprint density at radius 1 is 1.04 bits per heavy atom. The molecular weight excluding hydrogens is 348 g/mol. The number of anilines is 2. The van der Waals surface area contributed by atoms with Crippen LogP contribution in [0.3, 0.4) is 0 Å². The number of nitrogens with one attached hydrogen (secondary N) is 1. The van der Waals surface area contributed by atoms with Crippen LogP contribution < -0.4 is 10.2 Å². The number of halogens is 3. The van der Waals surface area contributed by atoms with Gasteiger partial charge in [-0.15, -0.1) is 0 Å². The molecule has 2 aromatic carbocycles. The Labute approximate surface area is 150 Å². The van der Waals surface area contributed by atoms with Crippen LogP contribution in [0, 0.1) is 11.6 Å². The monoisotopic (exact) mass is 365 g/mol. The van der Waals surface area contributed by atoms with Crippen molar-refractivity contribution >= 4 is 28.9 Å². The van der Waals surface area contributed by atoms with Crippen LogP contribution in [0.4, 0.5) is 20.2 Å². The number of para-hydroxylation sites is 1. The van der Waals surface area contributed by atoms with Gasteiger partial charge in [0.15, 0.2) is 0 Å². The largest absolute Gasteiger partial charge is 0.367 e. The number of amides is 1. The van der Waals surface area contributed by atoms with Gasteiger partial charge in [0.25, 0.3) is 0 Å². The van der Waals surface area contributed by atoms with E-state index in [2.05, 4.69) is 5.32 Å². The number of carbonyl (C=O) groups is 1. The lowest BCUT2D eigenvalue weighted by Gasteiger charge is -2.35. The van der Waals surface area contributed by atoms with Gasteiger partial charge in [0.2, 0.25) is 5.91 Å². The molecule has 4 nitrogen and oxygen atoms in total. The summed E-state index contributed by atoms with van der Waals surface area (Å²) in [7, 11) is 0. The minimum absolute atomic E-state index is 0.111. The van der Waals surface area contributed by atoms with Gasteiger partial charge in [-0.25, -0.2) is 8.78 Å². The Morgan fingerprint density at radius 2 is 1.76 bits per heavy atom. The van der Waals surface area contributed by atoms with Crippen molar-refractivity contribution in [2.45, 2.75) is 0 Å². The molecule has 2 aromatic rings. The van der Waals surface area contributed by atoms with Crippen molar-refractivity contribution in [2.24, 2.45) is 0 Å². The highest BCUT2D eigenvalue weighted by atomic mass is 35.5. The molecule has 0 spiro atoms. The normalized spacial score (nSPS) is 15.2. The summed E-state index contributed by atoms with van der Waals surface area (Å²) in [6.45, 7) is 2.68. The van der Waals surface area contributed by atoms with Gasteiger partial charge in [0.05, 0.1) is 17.9 Å². The third-order valence-electron chi connectivity index (χ3n) is 4.14. The van der Waals surface area contributed by atoms with Gasteiger partial charge in [-0.05, 0) is 30.3 Å². The van der Waals surface area contributed by atoms with E-state index in [1.165, 1.54) is 18.2 Å². The van der Waals surface area contributed by atoms with Gasteiger partial charge in [0, 0.05) is 31.2 Å². The Hall–Kier alpha value is -2.18. The first kappa shape index (κ1) is 17.6. The lowest BCUT2D eigenvalue weighted by atomic mass is 10.2. The second-order valence-corrected chi connectivity index (χ2v) is 6.32. The molecule has 0 saturated carbocycles. The first-order valence-corrected chi connectivity index (χ1v) is 8.37. The number of nitrogens with zero attached hydrogens (tertiary/aromatic N) is 2. The van der Waals surface area contributed by atoms with Crippen molar-refractivity contribution in [3.8, 4) is 0 Å². The van der Waals surface area contributed by atoms with Crippen molar-refractivity contribution in [3.63, 3.8) is 0 Å². The smallest absolute Gasteiger partial charge is 0.238 e. The first-order chi connectivity index (χ1) is 12.0. The zero-order valence-corrected chi connectivity index (χ0v) is 14.3. The Balaban J connectivity index is 1.52. The molecule has 25 heavy (non-hydrogen) atoms. The van der Waals surface area contributed by atoms with E-state index >= 15 is 0 Å². The fourth-order valence-corrected chi connectivity index (χ4v) is 3.00. The minimum Gasteiger partial charge on any atom is -0.367 e. The molecule has 1 amide bonds. The quantitative estimate of drug-likeness (QED) is 0.902. The molecule has 0 radical (unpaired) electrons. The molecule has 0 aliphatic carbocycles. The van der Waals surface area contributed by atoms with Crippen molar-refractivity contribution in [3.05, 3.63) is 59.1 Å². The van der Waals surface area contributed by atoms with E-state index in [4.69, 9.17) is 11.6 Å². The third-order valence-corrected chi connectivity index (χ3v) is 4.37. The molecule has 1 aliphatic rings. The van der Waals surface area contributed by atoms with E-state index in [-0.39, 0.29) is 29.0 Å². The summed E-state index contributed by atoms with van der Waals surface area (Å²) in [6.07, 6.45) is 0. The lowest BCUT2D eigenvalue weighted by Crippen LogP contribution is -2.48. The summed E-state index contributed by atoms with van der Waals surface area (Å²) in [6, 6.07) is 10.8. The molecule has 1 fully saturated rings. The van der Waals surface area contributed by atoms with Crippen LogP contribution in [0.2, 0.25) is 5.02 Å². The van der Waals surface area contributed by atoms with E-state index in [1.54, 1.807) is 18.2 Å². The van der Waals surface area contributed by atoms with Crippen LogP contribution in [0.15, 0.2) is 42.5 Å². The minimum atomic E-state index is -0.565. The van der Waals surface area contributed by atoms with Crippen LogP contribution in [0.1, 0.15) is 0 Å². The molecule has 3 rings (SSSR count). The number of hydrogen-bond acceptors (Lipinski definition) is 3. The molecular formula is C18H18ClF2N3O.